The van der Waals surface area contributed by atoms with Crippen LogP contribution in [0.3, 0.4) is 0 Å². The molecule has 0 radical (unpaired) electrons. The molecule has 6 rings (SSSR count). The number of rotatable bonds is 7. The number of fused-ring (bicyclic) bond motifs is 5. The van der Waals surface area contributed by atoms with Gasteiger partial charge in [-0.1, -0.05) is 71.2 Å². The summed E-state index contributed by atoms with van der Waals surface area (Å²) in [5.74, 6) is 2.39. The van der Waals surface area contributed by atoms with Gasteiger partial charge in [-0.05, 0) is 97.0 Å². The van der Waals surface area contributed by atoms with E-state index in [1.165, 1.54) is 35.8 Å². The Balaban J connectivity index is 1.46. The minimum absolute atomic E-state index is 0.154. The van der Waals surface area contributed by atoms with E-state index in [0.717, 1.165) is 36.3 Å². The maximum atomic E-state index is 14.2. The van der Waals surface area contributed by atoms with E-state index in [-0.39, 0.29) is 22.8 Å². The fourth-order valence-electron chi connectivity index (χ4n) is 9.30. The number of aliphatic hydroxyl groups is 2. The monoisotopic (exact) mass is 575 g/mol. The number of para-hydroxylation sites is 1. The molecule has 2 N–H and O–H groups in total. The van der Waals surface area contributed by atoms with E-state index in [2.05, 4.69) is 33.8 Å². The van der Waals surface area contributed by atoms with E-state index < -0.39 is 18.2 Å². The van der Waals surface area contributed by atoms with E-state index in [4.69, 9.17) is 0 Å². The number of nitrogens with zero attached hydrogens (tertiary/aromatic N) is 3. The Morgan fingerprint density at radius 1 is 0.976 bits per heavy atom. The number of hydrogen-bond donors (Lipinski definition) is 2. The van der Waals surface area contributed by atoms with Gasteiger partial charge in [0.25, 0.3) is 0 Å². The van der Waals surface area contributed by atoms with Crippen LogP contribution in [0.15, 0.2) is 62.7 Å². The Hall–Kier alpha value is -2.64. The van der Waals surface area contributed by atoms with Crippen LogP contribution in [0.2, 0.25) is 0 Å². The smallest absolute Gasteiger partial charge is 0.352 e. The average molecular weight is 576 g/mol. The van der Waals surface area contributed by atoms with Crippen molar-refractivity contribution in [1.82, 2.24) is 13.9 Å². The van der Waals surface area contributed by atoms with Crippen LogP contribution < -0.4 is 11.4 Å². The van der Waals surface area contributed by atoms with Crippen molar-refractivity contribution < 1.29 is 10.2 Å². The van der Waals surface area contributed by atoms with Crippen molar-refractivity contribution in [2.45, 2.75) is 117 Å². The molecule has 2 fully saturated rings. The third-order valence-electron chi connectivity index (χ3n) is 11.5. The standard InChI is InChI=1S/C35H49N3O4/c1-21(2)10-9-11-22(3)28-14-15-29-27-20-31(26-18-25(39)19-32(40)23(26)4)38-34(42)36(24-12-7-6-8-13-24)33(41)37(38)30(27)16-17-35(28,29)5/h6-8,12-13,20-22,25,28-32,39-40H,9-11,14-19H2,1-5H3/t22-,25-,28-,29+,30+,31-,32+,35-/m0/s1. The molecule has 0 saturated heterocycles. The summed E-state index contributed by atoms with van der Waals surface area (Å²) in [4.78, 5) is 28.3. The summed E-state index contributed by atoms with van der Waals surface area (Å²) < 4.78 is 4.68. The molecule has 0 amide bonds. The third-order valence-corrected chi connectivity index (χ3v) is 11.5. The highest BCUT2D eigenvalue weighted by atomic mass is 16.3. The molecule has 2 saturated carbocycles. The SMILES string of the molecule is CC1=C([C@@H]2C=C3[C@@H](CC[C@]4(C)[C@@H]3CC[C@H]4[C@@H](C)CCCC(C)C)n3c(=O)n(-c4ccccc4)c(=O)n32)C[C@H](O)C[C@H]1O. The molecule has 0 bridgehead atoms. The number of allylic oxidation sites excluding steroid dienone is 2. The Labute approximate surface area is 249 Å². The van der Waals surface area contributed by atoms with Crippen LogP contribution in [0.25, 0.3) is 5.69 Å². The Morgan fingerprint density at radius 3 is 2.40 bits per heavy atom. The summed E-state index contributed by atoms with van der Waals surface area (Å²) in [5.41, 5.74) is 3.01. The molecule has 1 aromatic heterocycles. The van der Waals surface area contributed by atoms with Crippen molar-refractivity contribution in [1.29, 1.82) is 0 Å². The van der Waals surface area contributed by atoms with E-state index in [9.17, 15) is 19.8 Å². The summed E-state index contributed by atoms with van der Waals surface area (Å²) in [5, 5.41) is 21.5. The van der Waals surface area contributed by atoms with Crippen LogP contribution in [-0.4, -0.2) is 36.4 Å². The molecule has 42 heavy (non-hydrogen) atoms. The third kappa shape index (κ3) is 4.71. The zero-order chi connectivity index (χ0) is 29.9. The zero-order valence-corrected chi connectivity index (χ0v) is 26.0. The molecule has 2 heterocycles. The van der Waals surface area contributed by atoms with Crippen LogP contribution in [-0.2, 0) is 0 Å². The molecule has 228 valence electrons. The second-order valence-corrected chi connectivity index (χ2v) is 14.5. The average Bonchev–Trinajstić information content (AvgIpc) is 3.44. The lowest BCUT2D eigenvalue weighted by molar-refractivity contribution is 0.0677. The maximum Gasteiger partial charge on any atom is 0.352 e. The molecule has 1 aliphatic heterocycles. The fraction of sp³-hybridized carbons (Fsp3) is 0.657. The Kier molecular flexibility index (Phi) is 7.80. The van der Waals surface area contributed by atoms with E-state index in [0.29, 0.717) is 36.3 Å². The summed E-state index contributed by atoms with van der Waals surface area (Å²) >= 11 is 0. The van der Waals surface area contributed by atoms with Crippen LogP contribution in [0.1, 0.15) is 104 Å². The first-order valence-electron chi connectivity index (χ1n) is 16.3. The summed E-state index contributed by atoms with van der Waals surface area (Å²) in [6, 6.07) is 8.52. The molecule has 0 unspecified atom stereocenters. The summed E-state index contributed by atoms with van der Waals surface area (Å²) in [6.07, 6.45) is 9.50. The first kappa shape index (κ1) is 29.4. The largest absolute Gasteiger partial charge is 0.393 e. The first-order valence-corrected chi connectivity index (χ1v) is 16.3. The van der Waals surface area contributed by atoms with Gasteiger partial charge in [0.2, 0.25) is 0 Å². The van der Waals surface area contributed by atoms with Gasteiger partial charge < -0.3 is 10.2 Å². The highest BCUT2D eigenvalue weighted by molar-refractivity contribution is 5.37. The lowest BCUT2D eigenvalue weighted by Crippen LogP contribution is -2.46. The minimum atomic E-state index is -0.758. The zero-order valence-electron chi connectivity index (χ0n) is 26.0. The minimum Gasteiger partial charge on any atom is -0.393 e. The summed E-state index contributed by atoms with van der Waals surface area (Å²) in [7, 11) is 0. The molecule has 3 aliphatic carbocycles. The molecule has 7 heteroatoms. The predicted molar refractivity (Wildman–Crippen MR) is 166 cm³/mol. The van der Waals surface area contributed by atoms with Gasteiger partial charge in [0, 0.05) is 6.42 Å². The first-order chi connectivity index (χ1) is 20.0. The molecule has 7 nitrogen and oxygen atoms in total. The molecule has 8 atom stereocenters. The lowest BCUT2D eigenvalue weighted by atomic mass is 9.59. The number of benzene rings is 1. The quantitative estimate of drug-likeness (QED) is 0.400. The van der Waals surface area contributed by atoms with Crippen LogP contribution in [0, 0.1) is 29.1 Å². The molecule has 1 aromatic carbocycles. The van der Waals surface area contributed by atoms with Crippen molar-refractivity contribution in [2.75, 3.05) is 0 Å². The van der Waals surface area contributed by atoms with Gasteiger partial charge in [-0.2, -0.15) is 0 Å². The maximum absolute atomic E-state index is 14.2. The van der Waals surface area contributed by atoms with Gasteiger partial charge in [0.05, 0.1) is 30.0 Å². The van der Waals surface area contributed by atoms with Crippen molar-refractivity contribution >= 4 is 0 Å². The van der Waals surface area contributed by atoms with Gasteiger partial charge in [-0.15, -0.1) is 0 Å². The topological polar surface area (TPSA) is 89.4 Å². The van der Waals surface area contributed by atoms with Crippen LogP contribution in [0.5, 0.6) is 0 Å². The van der Waals surface area contributed by atoms with E-state index in [1.807, 2.05) is 25.1 Å². The van der Waals surface area contributed by atoms with E-state index in [1.54, 1.807) is 21.5 Å². The van der Waals surface area contributed by atoms with Crippen molar-refractivity contribution in [3.63, 3.8) is 0 Å². The molecular weight excluding hydrogens is 526 g/mol. The normalized spacial score (nSPS) is 33.3. The summed E-state index contributed by atoms with van der Waals surface area (Å²) in [6.45, 7) is 11.5. The van der Waals surface area contributed by atoms with Crippen molar-refractivity contribution in [2.24, 2.45) is 29.1 Å². The van der Waals surface area contributed by atoms with Crippen molar-refractivity contribution in [3.8, 4) is 5.69 Å². The molecular formula is C35H49N3O4. The van der Waals surface area contributed by atoms with Crippen LogP contribution >= 0.6 is 0 Å². The fourth-order valence-corrected chi connectivity index (χ4v) is 9.30. The van der Waals surface area contributed by atoms with E-state index >= 15 is 0 Å². The second-order valence-electron chi connectivity index (χ2n) is 14.5. The number of aliphatic hydroxyl groups excluding tert-OH is 2. The highest BCUT2D eigenvalue weighted by Gasteiger charge is 2.55. The highest BCUT2D eigenvalue weighted by Crippen LogP contribution is 2.62. The van der Waals surface area contributed by atoms with Gasteiger partial charge in [-0.3, -0.25) is 0 Å². The van der Waals surface area contributed by atoms with Crippen molar-refractivity contribution in [3.05, 3.63) is 74.1 Å². The molecule has 4 aliphatic rings. The van der Waals surface area contributed by atoms with Gasteiger partial charge in [0.1, 0.15) is 0 Å². The number of aromatic nitrogens is 3. The van der Waals surface area contributed by atoms with Gasteiger partial charge in [-0.25, -0.2) is 23.5 Å². The Morgan fingerprint density at radius 2 is 1.69 bits per heavy atom. The second kappa shape index (κ2) is 11.1. The number of hydrogen-bond acceptors (Lipinski definition) is 4. The molecule has 2 aromatic rings. The van der Waals surface area contributed by atoms with Crippen LogP contribution in [0.4, 0.5) is 0 Å². The van der Waals surface area contributed by atoms with Gasteiger partial charge >= 0.3 is 11.4 Å². The lowest BCUT2D eigenvalue weighted by Gasteiger charge is -2.49. The Bertz CT molecular complexity index is 1490. The predicted octanol–water partition coefficient (Wildman–Crippen LogP) is 5.94. The van der Waals surface area contributed by atoms with Gasteiger partial charge in [0.15, 0.2) is 0 Å². The molecule has 0 spiro atoms.